The monoisotopic (exact) mass is 599 g/mol. The Morgan fingerprint density at radius 3 is 1.88 bits per heavy atom. The van der Waals surface area contributed by atoms with Crippen molar-refractivity contribution >= 4 is 22.2 Å². The number of rotatable bonds is 10. The van der Waals surface area contributed by atoms with Gasteiger partial charge in [-0.25, -0.2) is 14.8 Å². The molecule has 3 aromatic carbocycles. The lowest BCUT2D eigenvalue weighted by atomic mass is 10.2. The first kappa shape index (κ1) is 34.3. The molecule has 4 rings (SSSR count). The average Bonchev–Trinajstić information content (AvgIpc) is 3.39. The Bertz CT molecular complexity index is 1470. The summed E-state index contributed by atoms with van der Waals surface area (Å²) in [5, 5.41) is 20.0. The number of nitrogens with zero attached hydrogens (tertiary/aromatic N) is 2. The van der Waals surface area contributed by atoms with Gasteiger partial charge in [0.2, 0.25) is 0 Å². The van der Waals surface area contributed by atoms with E-state index in [2.05, 4.69) is 15.3 Å². The van der Waals surface area contributed by atoms with E-state index in [4.69, 9.17) is 19.7 Å². The minimum Gasteiger partial charge on any atom is -0.497 e. The van der Waals surface area contributed by atoms with E-state index < -0.39 is 15.1 Å². The van der Waals surface area contributed by atoms with E-state index in [1.165, 1.54) is 6.08 Å². The minimum absolute atomic E-state index is 0.0898. The molecular weight excluding hydrogens is 562 g/mol. The van der Waals surface area contributed by atoms with E-state index in [1.807, 2.05) is 38.1 Å². The van der Waals surface area contributed by atoms with Gasteiger partial charge in [0.05, 0.1) is 37.1 Å². The third kappa shape index (κ3) is 10.5. The second kappa shape index (κ2) is 17.1. The molecule has 0 saturated carbocycles. The summed E-state index contributed by atoms with van der Waals surface area (Å²) in [7, 11) is -2.90. The Balaban J connectivity index is 0.000000244. The number of carbonyl (C=O) groups excluding carboxylic acids is 1. The SMILES string of the molecule is COc1ccc(C=CC(=O)OC(C)C)cc1.O=S(=O)(O)C1(c2ccccc2)N=c2ccccc2=N1.OCCNCCO. The van der Waals surface area contributed by atoms with E-state index >= 15 is 0 Å². The van der Waals surface area contributed by atoms with Crippen molar-refractivity contribution in [2.75, 3.05) is 33.4 Å². The molecule has 0 spiro atoms. The zero-order valence-electron chi connectivity index (χ0n) is 23.8. The number of nitrogens with one attached hydrogen (secondary N) is 1. The van der Waals surface area contributed by atoms with E-state index in [0.29, 0.717) is 29.4 Å². The highest BCUT2D eigenvalue weighted by Gasteiger charge is 2.46. The molecule has 42 heavy (non-hydrogen) atoms. The largest absolute Gasteiger partial charge is 0.497 e. The Hall–Kier alpha value is -3.94. The van der Waals surface area contributed by atoms with Crippen LogP contribution in [0.25, 0.3) is 6.08 Å². The zero-order chi connectivity index (χ0) is 31.0. The highest BCUT2D eigenvalue weighted by atomic mass is 32.2. The number of benzene rings is 3. The number of hydrogen-bond donors (Lipinski definition) is 4. The summed E-state index contributed by atoms with van der Waals surface area (Å²) in [5.74, 6) is 0.465. The Morgan fingerprint density at radius 2 is 1.43 bits per heavy atom. The zero-order valence-corrected chi connectivity index (χ0v) is 24.6. The number of carbonyl (C=O) groups is 1. The second-order valence-corrected chi connectivity index (χ2v) is 10.5. The molecule has 0 amide bonds. The lowest BCUT2D eigenvalue weighted by Crippen LogP contribution is -2.31. The Morgan fingerprint density at radius 1 is 0.905 bits per heavy atom. The number of hydrogen-bond acceptors (Lipinski definition) is 10. The maximum Gasteiger partial charge on any atom is 0.331 e. The molecule has 0 bridgehead atoms. The molecule has 11 nitrogen and oxygen atoms in total. The lowest BCUT2D eigenvalue weighted by Gasteiger charge is -2.19. The van der Waals surface area contributed by atoms with Gasteiger partial charge in [0.15, 0.2) is 0 Å². The van der Waals surface area contributed by atoms with Crippen molar-refractivity contribution < 1.29 is 37.5 Å². The molecule has 226 valence electrons. The molecule has 0 aliphatic carbocycles. The van der Waals surface area contributed by atoms with Crippen LogP contribution in [-0.2, 0) is 24.6 Å². The van der Waals surface area contributed by atoms with Gasteiger partial charge in [0, 0.05) is 24.7 Å². The molecule has 0 unspecified atom stereocenters. The Labute approximate surface area is 245 Å². The van der Waals surface area contributed by atoms with Crippen LogP contribution in [0.1, 0.15) is 25.0 Å². The smallest absolute Gasteiger partial charge is 0.331 e. The van der Waals surface area contributed by atoms with Crippen LogP contribution in [0.15, 0.2) is 94.9 Å². The summed E-state index contributed by atoms with van der Waals surface area (Å²) in [6.07, 6.45) is 3.04. The van der Waals surface area contributed by atoms with Gasteiger partial charge >= 0.3 is 21.1 Å². The number of methoxy groups -OCH3 is 1. The summed E-state index contributed by atoms with van der Waals surface area (Å²) in [5.41, 5.74) is 1.25. The van der Waals surface area contributed by atoms with Crippen molar-refractivity contribution in [3.63, 3.8) is 0 Å². The molecular formula is C30H37N3O8S. The summed E-state index contributed by atoms with van der Waals surface area (Å²) in [4.78, 5) is 17.5. The predicted molar refractivity (Wildman–Crippen MR) is 159 cm³/mol. The van der Waals surface area contributed by atoms with Crippen LogP contribution >= 0.6 is 0 Å². The van der Waals surface area contributed by atoms with Crippen LogP contribution in [0.2, 0.25) is 0 Å². The fourth-order valence-electron chi connectivity index (χ4n) is 3.49. The van der Waals surface area contributed by atoms with E-state index in [1.54, 1.807) is 67.8 Å². The molecule has 0 aromatic heterocycles. The predicted octanol–water partition coefficient (Wildman–Crippen LogP) is 1.86. The standard InChI is InChI=1S/C13H10N2O3S.C13H16O3.C4H11NO2/c16-19(17,18)13(10-6-2-1-3-7-10)14-11-8-4-5-9-12(11)15-13;1-10(2)16-13(14)9-6-11-4-7-12(15-3)8-5-11;6-3-1-5-2-4-7/h1-9H,(H,16,17,18);4-10H,1-3H3;5-7H,1-4H2. The third-order valence-corrected chi connectivity index (χ3v) is 6.53. The Kier molecular flexibility index (Phi) is 14.0. The van der Waals surface area contributed by atoms with Gasteiger partial charge < -0.3 is 25.0 Å². The van der Waals surface area contributed by atoms with Crippen molar-refractivity contribution in [1.82, 2.24) is 5.32 Å². The number of fused-ring (bicyclic) bond motifs is 1. The summed E-state index contributed by atoms with van der Waals surface area (Å²) in [6, 6.07) is 22.5. The van der Waals surface area contributed by atoms with Crippen LogP contribution in [-0.4, -0.2) is 68.7 Å². The van der Waals surface area contributed by atoms with Gasteiger partial charge in [0.1, 0.15) is 5.75 Å². The number of para-hydroxylation sites is 2. The molecule has 0 saturated heterocycles. The average molecular weight is 600 g/mol. The second-order valence-electron chi connectivity index (χ2n) is 8.95. The highest BCUT2D eigenvalue weighted by Crippen LogP contribution is 2.33. The summed E-state index contributed by atoms with van der Waals surface area (Å²) >= 11 is 0. The first-order valence-corrected chi connectivity index (χ1v) is 14.5. The first-order valence-electron chi connectivity index (χ1n) is 13.1. The molecule has 4 N–H and O–H groups in total. The number of esters is 1. The van der Waals surface area contributed by atoms with Gasteiger partial charge in [-0.05, 0) is 49.8 Å². The molecule has 12 heteroatoms. The third-order valence-electron chi connectivity index (χ3n) is 5.39. The van der Waals surface area contributed by atoms with Gasteiger partial charge in [-0.15, -0.1) is 0 Å². The molecule has 0 radical (unpaired) electrons. The first-order chi connectivity index (χ1) is 20.1. The van der Waals surface area contributed by atoms with Crippen molar-refractivity contribution in [3.8, 4) is 5.75 Å². The number of aliphatic hydroxyl groups is 2. The molecule has 0 atom stereocenters. The minimum atomic E-state index is -4.52. The van der Waals surface area contributed by atoms with Crippen LogP contribution < -0.4 is 20.8 Å². The highest BCUT2D eigenvalue weighted by molar-refractivity contribution is 7.86. The van der Waals surface area contributed by atoms with Crippen LogP contribution in [0.3, 0.4) is 0 Å². The molecule has 1 aliphatic rings. The van der Waals surface area contributed by atoms with Crippen LogP contribution in [0.5, 0.6) is 5.75 Å². The molecule has 0 fully saturated rings. The number of ether oxygens (including phenoxy) is 2. The van der Waals surface area contributed by atoms with Gasteiger partial charge in [-0.1, -0.05) is 54.6 Å². The number of aliphatic hydroxyl groups excluding tert-OH is 2. The van der Waals surface area contributed by atoms with E-state index in [9.17, 15) is 17.8 Å². The summed E-state index contributed by atoms with van der Waals surface area (Å²) in [6.45, 7) is 5.05. The quantitative estimate of drug-likeness (QED) is 0.118. The van der Waals surface area contributed by atoms with Crippen molar-refractivity contribution in [2.45, 2.75) is 24.9 Å². The van der Waals surface area contributed by atoms with Crippen molar-refractivity contribution in [1.29, 1.82) is 0 Å². The molecule has 1 heterocycles. The fraction of sp³-hybridized carbons (Fsp3) is 0.300. The van der Waals surface area contributed by atoms with Crippen LogP contribution in [0, 0.1) is 0 Å². The fourth-order valence-corrected chi connectivity index (χ4v) is 4.35. The topological polar surface area (TPSA) is 167 Å². The van der Waals surface area contributed by atoms with Gasteiger partial charge in [-0.2, -0.15) is 8.42 Å². The van der Waals surface area contributed by atoms with Crippen molar-refractivity contribution in [3.05, 3.63) is 107 Å². The van der Waals surface area contributed by atoms with Gasteiger partial charge in [-0.3, -0.25) is 4.55 Å². The van der Waals surface area contributed by atoms with E-state index in [-0.39, 0.29) is 25.3 Å². The summed E-state index contributed by atoms with van der Waals surface area (Å²) < 4.78 is 43.2. The van der Waals surface area contributed by atoms with Crippen molar-refractivity contribution in [2.24, 2.45) is 9.98 Å². The lowest BCUT2D eigenvalue weighted by molar-refractivity contribution is -0.141. The molecule has 1 aliphatic heterocycles. The molecule has 3 aromatic rings. The maximum absolute atomic E-state index is 11.8. The van der Waals surface area contributed by atoms with E-state index in [0.717, 1.165) is 11.3 Å². The van der Waals surface area contributed by atoms with Gasteiger partial charge in [0.25, 0.3) is 0 Å². The normalized spacial score (nSPS) is 13.0. The van der Waals surface area contributed by atoms with Crippen LogP contribution in [0.4, 0.5) is 0 Å². The maximum atomic E-state index is 11.8.